The molecule has 2 aromatic rings. The topological polar surface area (TPSA) is 134 Å². The minimum Gasteiger partial charge on any atom is -0.480 e. The van der Waals surface area contributed by atoms with Gasteiger partial charge in [0.25, 0.3) is 11.5 Å². The summed E-state index contributed by atoms with van der Waals surface area (Å²) in [5.41, 5.74) is -0.919. The van der Waals surface area contributed by atoms with Crippen LogP contribution >= 0.6 is 0 Å². The lowest BCUT2D eigenvalue weighted by Crippen LogP contribution is -2.46. The van der Waals surface area contributed by atoms with Crippen LogP contribution in [0.25, 0.3) is 0 Å². The molecule has 122 valence electrons. The predicted molar refractivity (Wildman–Crippen MR) is 78.3 cm³/mol. The Kier molecular flexibility index (Phi) is 4.79. The van der Waals surface area contributed by atoms with Gasteiger partial charge in [-0.15, -0.1) is 0 Å². The zero-order valence-electron chi connectivity index (χ0n) is 12.2. The highest BCUT2D eigenvalue weighted by atomic mass is 16.4. The van der Waals surface area contributed by atoms with Crippen molar-refractivity contribution in [1.29, 1.82) is 0 Å². The molecule has 0 radical (unpaired) electrons. The highest BCUT2D eigenvalue weighted by Gasteiger charge is 2.23. The number of carbonyl (C=O) groups excluding carboxylic acids is 1. The number of aromatic nitrogens is 2. The predicted octanol–water partition coefficient (Wildman–Crippen LogP) is -0.425. The number of rotatable bonds is 6. The van der Waals surface area contributed by atoms with Crippen molar-refractivity contribution in [2.45, 2.75) is 25.9 Å². The maximum atomic E-state index is 11.9. The van der Waals surface area contributed by atoms with Crippen molar-refractivity contribution in [3.05, 3.63) is 56.8 Å². The van der Waals surface area contributed by atoms with Gasteiger partial charge in [0.15, 0.2) is 5.76 Å². The number of nitrogens with one attached hydrogen (secondary N) is 2. The van der Waals surface area contributed by atoms with E-state index in [0.717, 1.165) is 4.57 Å². The van der Waals surface area contributed by atoms with Crippen molar-refractivity contribution < 1.29 is 19.1 Å². The smallest absolute Gasteiger partial charge is 0.328 e. The molecule has 3 N–H and O–H groups in total. The molecule has 0 aliphatic heterocycles. The van der Waals surface area contributed by atoms with E-state index >= 15 is 0 Å². The first-order valence-corrected chi connectivity index (χ1v) is 6.82. The van der Waals surface area contributed by atoms with Gasteiger partial charge in [0.05, 0.1) is 12.8 Å². The Labute approximate surface area is 129 Å². The largest absolute Gasteiger partial charge is 0.480 e. The Balaban J connectivity index is 2.23. The number of nitrogens with zero attached hydrogens (tertiary/aromatic N) is 1. The fourth-order valence-electron chi connectivity index (χ4n) is 1.96. The number of hydrogen-bond acceptors (Lipinski definition) is 5. The second-order valence-corrected chi connectivity index (χ2v) is 4.76. The Morgan fingerprint density at radius 3 is 2.74 bits per heavy atom. The Hall–Kier alpha value is -3.10. The molecule has 0 aliphatic carbocycles. The van der Waals surface area contributed by atoms with E-state index < -0.39 is 29.2 Å². The lowest BCUT2D eigenvalue weighted by atomic mass is 10.2. The van der Waals surface area contributed by atoms with Crippen molar-refractivity contribution in [2.24, 2.45) is 0 Å². The quantitative estimate of drug-likeness (QED) is 0.661. The lowest BCUT2D eigenvalue weighted by molar-refractivity contribution is -0.139. The average molecular weight is 321 g/mol. The molecule has 2 rings (SSSR count). The summed E-state index contributed by atoms with van der Waals surface area (Å²) in [6.07, 6.45) is 2.95. The molecule has 0 saturated heterocycles. The second kappa shape index (κ2) is 6.77. The van der Waals surface area contributed by atoms with Gasteiger partial charge in [0.2, 0.25) is 0 Å². The normalized spacial score (nSPS) is 11.9. The van der Waals surface area contributed by atoms with Gasteiger partial charge in [-0.05, 0) is 18.6 Å². The number of amides is 1. The van der Waals surface area contributed by atoms with Crippen molar-refractivity contribution >= 4 is 11.9 Å². The molecule has 23 heavy (non-hydrogen) atoms. The Morgan fingerprint density at radius 1 is 1.43 bits per heavy atom. The minimum absolute atomic E-state index is 0.0423. The van der Waals surface area contributed by atoms with Crippen LogP contribution in [0.15, 0.2) is 38.6 Å². The highest BCUT2D eigenvalue weighted by Crippen LogP contribution is 2.01. The molecule has 1 atom stereocenters. The molecule has 1 amide bonds. The average Bonchev–Trinajstić information content (AvgIpc) is 3.03. The van der Waals surface area contributed by atoms with E-state index in [-0.39, 0.29) is 12.3 Å². The Morgan fingerprint density at radius 2 is 2.17 bits per heavy atom. The van der Waals surface area contributed by atoms with E-state index in [0.29, 0.717) is 12.0 Å². The monoisotopic (exact) mass is 321 g/mol. The maximum absolute atomic E-state index is 11.9. The number of aryl methyl sites for hydroxylation is 1. The van der Waals surface area contributed by atoms with E-state index in [9.17, 15) is 24.3 Å². The molecular formula is C14H15N3O6. The van der Waals surface area contributed by atoms with Crippen molar-refractivity contribution in [2.75, 3.05) is 0 Å². The summed E-state index contributed by atoms with van der Waals surface area (Å²) in [6.45, 7) is 1.40. The Bertz CT molecular complexity index is 818. The van der Waals surface area contributed by atoms with Crippen LogP contribution in [0.5, 0.6) is 0 Å². The molecule has 0 aromatic carbocycles. The van der Waals surface area contributed by atoms with Gasteiger partial charge in [-0.1, -0.05) is 6.92 Å². The van der Waals surface area contributed by atoms with Gasteiger partial charge in [0, 0.05) is 11.8 Å². The first kappa shape index (κ1) is 16.3. The van der Waals surface area contributed by atoms with Crippen LogP contribution in [-0.2, 0) is 17.8 Å². The van der Waals surface area contributed by atoms with Gasteiger partial charge < -0.3 is 14.8 Å². The van der Waals surface area contributed by atoms with Crippen LogP contribution in [0.1, 0.15) is 23.0 Å². The van der Waals surface area contributed by atoms with Gasteiger partial charge in [-0.25, -0.2) is 9.59 Å². The third kappa shape index (κ3) is 3.76. The van der Waals surface area contributed by atoms with Crippen LogP contribution in [0, 0.1) is 0 Å². The maximum Gasteiger partial charge on any atom is 0.328 e. The number of H-pyrrole nitrogens is 1. The van der Waals surface area contributed by atoms with E-state index in [1.807, 2.05) is 0 Å². The fraction of sp³-hybridized carbons (Fsp3) is 0.286. The van der Waals surface area contributed by atoms with Gasteiger partial charge >= 0.3 is 11.7 Å². The van der Waals surface area contributed by atoms with Gasteiger partial charge in [-0.3, -0.25) is 19.1 Å². The van der Waals surface area contributed by atoms with Crippen LogP contribution < -0.4 is 16.6 Å². The number of hydrogen-bond donors (Lipinski definition) is 3. The summed E-state index contributed by atoms with van der Waals surface area (Å²) >= 11 is 0. The number of carboxylic acids is 1. The zero-order chi connectivity index (χ0) is 17.0. The number of aliphatic carboxylic acids is 1. The van der Waals surface area contributed by atoms with Gasteiger partial charge in [0.1, 0.15) is 6.04 Å². The van der Waals surface area contributed by atoms with E-state index in [4.69, 9.17) is 4.42 Å². The van der Waals surface area contributed by atoms with Gasteiger partial charge in [-0.2, -0.15) is 0 Å². The third-order valence-electron chi connectivity index (χ3n) is 3.19. The molecular weight excluding hydrogens is 306 g/mol. The van der Waals surface area contributed by atoms with E-state index in [1.165, 1.54) is 24.6 Å². The molecule has 1 unspecified atom stereocenters. The molecule has 0 fully saturated rings. The lowest BCUT2D eigenvalue weighted by Gasteiger charge is -2.15. The third-order valence-corrected chi connectivity index (χ3v) is 3.19. The minimum atomic E-state index is -1.36. The molecule has 0 aliphatic rings. The zero-order valence-corrected chi connectivity index (χ0v) is 12.2. The van der Waals surface area contributed by atoms with E-state index in [1.54, 1.807) is 6.92 Å². The first-order valence-electron chi connectivity index (χ1n) is 6.82. The highest BCUT2D eigenvalue weighted by molar-refractivity contribution is 5.94. The van der Waals surface area contributed by atoms with Crippen LogP contribution in [0.4, 0.5) is 0 Å². The molecule has 2 heterocycles. The molecule has 0 saturated carbocycles. The summed E-state index contributed by atoms with van der Waals surface area (Å²) in [5.74, 6) is -2.07. The van der Waals surface area contributed by atoms with Crippen LogP contribution in [0.2, 0.25) is 0 Å². The summed E-state index contributed by atoms with van der Waals surface area (Å²) in [6, 6.07) is 1.51. The molecule has 9 heteroatoms. The first-order chi connectivity index (χ1) is 10.9. The number of aromatic amines is 1. The number of furan rings is 1. The summed E-state index contributed by atoms with van der Waals surface area (Å²) in [4.78, 5) is 48.6. The molecule has 2 aromatic heterocycles. The number of carbonyl (C=O) groups is 2. The summed E-state index contributed by atoms with van der Waals surface area (Å²) in [7, 11) is 0. The number of carboxylic acid groups (broad SMARTS) is 1. The van der Waals surface area contributed by atoms with Crippen LogP contribution in [-0.4, -0.2) is 32.6 Å². The summed E-state index contributed by atoms with van der Waals surface area (Å²) < 4.78 is 5.92. The van der Waals surface area contributed by atoms with Crippen molar-refractivity contribution in [1.82, 2.24) is 14.9 Å². The van der Waals surface area contributed by atoms with Crippen molar-refractivity contribution in [3.63, 3.8) is 0 Å². The molecule has 9 nitrogen and oxygen atoms in total. The molecule has 0 bridgehead atoms. The SMILES string of the molecule is CCc1cn(CC(NC(=O)c2ccco2)C(=O)O)c(=O)[nH]c1=O. The molecule has 0 spiro atoms. The second-order valence-electron chi connectivity index (χ2n) is 4.76. The summed E-state index contributed by atoms with van der Waals surface area (Å²) in [5, 5.41) is 11.5. The van der Waals surface area contributed by atoms with E-state index in [2.05, 4.69) is 10.3 Å². The fourth-order valence-corrected chi connectivity index (χ4v) is 1.96. The standard InChI is InChI=1S/C14H15N3O6/c1-2-8-6-17(14(22)16-11(8)18)7-9(13(20)21)15-12(19)10-4-3-5-23-10/h3-6,9H,2,7H2,1H3,(H,15,19)(H,20,21)(H,16,18,22). The van der Waals surface area contributed by atoms with Crippen molar-refractivity contribution in [3.8, 4) is 0 Å². The van der Waals surface area contributed by atoms with Crippen LogP contribution in [0.3, 0.4) is 0 Å².